The van der Waals surface area contributed by atoms with Crippen LogP contribution in [0.5, 0.6) is 5.75 Å². The molecule has 0 radical (unpaired) electrons. The molecule has 1 aromatic carbocycles. The van der Waals surface area contributed by atoms with Crippen molar-refractivity contribution in [3.63, 3.8) is 0 Å². The molecule has 0 saturated carbocycles. The molecule has 0 heterocycles. The molecule has 0 N–H and O–H groups in total. The van der Waals surface area contributed by atoms with Crippen LogP contribution in [-0.4, -0.2) is 12.3 Å². The minimum atomic E-state index is -4.63. The number of carbonyl (C=O) groups is 1. The van der Waals surface area contributed by atoms with E-state index in [0.29, 0.717) is 0 Å². The number of para-hydroxylation sites is 1. The molecule has 0 aliphatic rings. The maximum Gasteiger partial charge on any atom is 1.00 e. The fourth-order valence-corrected chi connectivity index (χ4v) is 1.62. The zero-order chi connectivity index (χ0) is 11.3. The zero-order valence-corrected chi connectivity index (χ0v) is 12.0. The van der Waals surface area contributed by atoms with Crippen LogP contribution in [0.15, 0.2) is 30.3 Å². The summed E-state index contributed by atoms with van der Waals surface area (Å²) < 4.78 is 20.1. The Morgan fingerprint density at radius 3 is 2.44 bits per heavy atom. The third kappa shape index (κ3) is 4.68. The van der Waals surface area contributed by atoms with E-state index in [-0.39, 0.29) is 41.9 Å². The van der Waals surface area contributed by atoms with Gasteiger partial charge < -0.3 is 14.2 Å². The minimum Gasteiger partial charge on any atom is -0.761 e. The molecule has 82 valence electrons. The number of hydrogen-bond acceptors (Lipinski definition) is 5. The van der Waals surface area contributed by atoms with E-state index >= 15 is 0 Å². The first-order valence-electron chi connectivity index (χ1n) is 4.29. The average Bonchev–Trinajstić information content (AvgIpc) is 2.19. The number of ether oxygens (including phenoxy) is 1. The molecule has 0 saturated heterocycles. The number of hydrogen-bond donors (Lipinski definition) is 0. The van der Waals surface area contributed by atoms with Crippen LogP contribution in [-0.2, 0) is 9.30 Å². The second kappa shape index (κ2) is 7.09. The van der Waals surface area contributed by atoms with E-state index in [1.54, 1.807) is 18.2 Å². The molecule has 1 atom stereocenters. The van der Waals surface area contributed by atoms with Crippen molar-refractivity contribution in [2.75, 3.05) is 6.61 Å². The smallest absolute Gasteiger partial charge is 0.761 e. The third-order valence-electron chi connectivity index (χ3n) is 1.46. The van der Waals surface area contributed by atoms with E-state index < -0.39 is 13.3 Å². The maximum absolute atomic E-state index is 11.2. The molecule has 0 bridgehead atoms. The summed E-state index contributed by atoms with van der Waals surface area (Å²) >= 11 is 0. The van der Waals surface area contributed by atoms with E-state index in [4.69, 9.17) is 0 Å². The third-order valence-corrected chi connectivity index (χ3v) is 2.49. The summed E-state index contributed by atoms with van der Waals surface area (Å²) in [5, 5.41) is 0. The SMILES string of the molecule is CCOC(=O)P(=O)([O-])Oc1ccccc1.[Na+]. The first kappa shape index (κ1) is 15.7. The van der Waals surface area contributed by atoms with E-state index in [1.807, 2.05) is 0 Å². The second-order valence-corrected chi connectivity index (χ2v) is 4.14. The molecular formula is C9H10NaO5P. The summed E-state index contributed by atoms with van der Waals surface area (Å²) in [4.78, 5) is 22.2. The van der Waals surface area contributed by atoms with Gasteiger partial charge in [-0.2, -0.15) is 0 Å². The second-order valence-electron chi connectivity index (χ2n) is 2.60. The van der Waals surface area contributed by atoms with Gasteiger partial charge in [-0.25, -0.2) is 4.79 Å². The van der Waals surface area contributed by atoms with E-state index in [1.165, 1.54) is 19.1 Å². The van der Waals surface area contributed by atoms with Crippen molar-refractivity contribution in [3.8, 4) is 5.75 Å². The Kier molecular flexibility index (Phi) is 6.95. The van der Waals surface area contributed by atoms with E-state index in [0.717, 1.165) is 0 Å². The quantitative estimate of drug-likeness (QED) is 0.496. The van der Waals surface area contributed by atoms with Gasteiger partial charge in [0.15, 0.2) is 0 Å². The molecule has 0 amide bonds. The van der Waals surface area contributed by atoms with Gasteiger partial charge in [0.25, 0.3) is 7.60 Å². The molecule has 0 aliphatic carbocycles. The van der Waals surface area contributed by atoms with Crippen LogP contribution in [0.25, 0.3) is 0 Å². The van der Waals surface area contributed by atoms with Crippen LogP contribution in [0.1, 0.15) is 6.92 Å². The first-order chi connectivity index (χ1) is 7.06. The Labute approximate surface area is 116 Å². The summed E-state index contributed by atoms with van der Waals surface area (Å²) in [7, 11) is -4.63. The topological polar surface area (TPSA) is 75.7 Å². The number of benzene rings is 1. The molecular weight excluding hydrogens is 242 g/mol. The molecule has 0 fully saturated rings. The molecule has 1 unspecified atom stereocenters. The number of carbonyl (C=O) groups excluding carboxylic acids is 1. The summed E-state index contributed by atoms with van der Waals surface area (Å²) in [5.74, 6) is 0.0869. The predicted octanol–water partition coefficient (Wildman–Crippen LogP) is -1.22. The molecule has 1 aromatic rings. The van der Waals surface area contributed by atoms with E-state index in [2.05, 4.69) is 9.26 Å². The average molecular weight is 252 g/mol. The standard InChI is InChI=1S/C9H11O5P.Na/c1-2-13-9(10)15(11,12)14-8-6-4-3-5-7-8;/h3-7H,2H2,1H3,(H,11,12);/q;+1/p-1. The molecule has 16 heavy (non-hydrogen) atoms. The minimum absolute atomic E-state index is 0. The van der Waals surface area contributed by atoms with Crippen LogP contribution < -0.4 is 39.0 Å². The van der Waals surface area contributed by atoms with Crippen molar-refractivity contribution < 1.29 is 53.1 Å². The zero-order valence-electron chi connectivity index (χ0n) is 9.08. The molecule has 5 nitrogen and oxygen atoms in total. The van der Waals surface area contributed by atoms with Crippen molar-refractivity contribution in [1.29, 1.82) is 0 Å². The molecule has 1 rings (SSSR count). The Morgan fingerprint density at radius 2 is 1.94 bits per heavy atom. The first-order valence-corrected chi connectivity index (χ1v) is 5.83. The fraction of sp³-hybridized carbons (Fsp3) is 0.222. The van der Waals surface area contributed by atoms with Gasteiger partial charge in [-0.3, -0.25) is 4.57 Å². The Morgan fingerprint density at radius 1 is 1.38 bits per heavy atom. The van der Waals surface area contributed by atoms with Gasteiger partial charge in [-0.05, 0) is 19.1 Å². The van der Waals surface area contributed by atoms with E-state index in [9.17, 15) is 14.3 Å². The van der Waals surface area contributed by atoms with Gasteiger partial charge in [0.2, 0.25) is 0 Å². The molecule has 0 spiro atoms. The largest absolute Gasteiger partial charge is 1.00 e. The maximum atomic E-state index is 11.2. The van der Waals surface area contributed by atoms with Gasteiger partial charge in [-0.15, -0.1) is 0 Å². The fourth-order valence-electron chi connectivity index (χ4n) is 0.860. The predicted molar refractivity (Wildman–Crippen MR) is 51.7 cm³/mol. The Hall–Kier alpha value is -0.320. The van der Waals surface area contributed by atoms with Crippen LogP contribution in [0.4, 0.5) is 4.79 Å². The van der Waals surface area contributed by atoms with Crippen LogP contribution >= 0.6 is 7.60 Å². The van der Waals surface area contributed by atoms with Crippen molar-refractivity contribution in [3.05, 3.63) is 30.3 Å². The van der Waals surface area contributed by atoms with Crippen molar-refractivity contribution in [1.82, 2.24) is 0 Å². The summed E-state index contributed by atoms with van der Waals surface area (Å²) in [6.45, 7) is 1.50. The summed E-state index contributed by atoms with van der Waals surface area (Å²) in [6, 6.07) is 7.77. The van der Waals surface area contributed by atoms with Gasteiger partial charge in [0.1, 0.15) is 5.75 Å². The number of rotatable bonds is 4. The molecule has 7 heteroatoms. The Balaban J connectivity index is 0.00000225. The van der Waals surface area contributed by atoms with Gasteiger partial charge >= 0.3 is 35.3 Å². The molecule has 0 aromatic heterocycles. The van der Waals surface area contributed by atoms with Crippen molar-refractivity contribution in [2.45, 2.75) is 6.92 Å². The van der Waals surface area contributed by atoms with Gasteiger partial charge in [0, 0.05) is 0 Å². The monoisotopic (exact) mass is 252 g/mol. The van der Waals surface area contributed by atoms with Crippen molar-refractivity contribution >= 4 is 13.3 Å². The summed E-state index contributed by atoms with van der Waals surface area (Å²) in [6.07, 6.45) is 0. The van der Waals surface area contributed by atoms with Crippen LogP contribution in [0.3, 0.4) is 0 Å². The van der Waals surface area contributed by atoms with Crippen LogP contribution in [0.2, 0.25) is 0 Å². The van der Waals surface area contributed by atoms with Gasteiger partial charge in [-0.1, -0.05) is 18.2 Å². The van der Waals surface area contributed by atoms with Crippen molar-refractivity contribution in [2.24, 2.45) is 0 Å². The summed E-state index contributed by atoms with van der Waals surface area (Å²) in [5.41, 5.74) is -1.35. The van der Waals surface area contributed by atoms with Crippen LogP contribution in [0, 0.1) is 0 Å². The molecule has 0 aliphatic heterocycles. The Bertz CT molecular complexity index is 381. The van der Waals surface area contributed by atoms with Gasteiger partial charge in [0.05, 0.1) is 6.61 Å². The normalized spacial score (nSPS) is 13.1.